The first-order valence-electron chi connectivity index (χ1n) is 7.07. The zero-order valence-corrected chi connectivity index (χ0v) is 13.2. The van der Waals surface area contributed by atoms with Crippen LogP contribution in [0.5, 0.6) is 0 Å². The van der Waals surface area contributed by atoms with E-state index in [9.17, 15) is 17.6 Å². The third kappa shape index (κ3) is 3.19. The van der Waals surface area contributed by atoms with Crippen molar-refractivity contribution in [3.8, 4) is 0 Å². The maximum atomic E-state index is 13.3. The van der Waals surface area contributed by atoms with Gasteiger partial charge in [-0.15, -0.1) is 0 Å². The Bertz CT molecular complexity index is 894. The highest BCUT2D eigenvalue weighted by Gasteiger charge is 2.20. The summed E-state index contributed by atoms with van der Waals surface area (Å²) >= 11 is 0. The van der Waals surface area contributed by atoms with E-state index in [1.807, 2.05) is 0 Å². The van der Waals surface area contributed by atoms with E-state index in [0.717, 1.165) is 11.6 Å². The molecule has 5 nitrogen and oxygen atoms in total. The zero-order valence-electron chi connectivity index (χ0n) is 12.4. The van der Waals surface area contributed by atoms with Crippen molar-refractivity contribution in [1.82, 2.24) is 0 Å². The average Bonchev–Trinajstić information content (AvgIpc) is 2.50. The molecule has 2 N–H and O–H groups in total. The molecule has 1 amide bonds. The molecule has 7 heteroatoms. The molecule has 0 aromatic heterocycles. The minimum atomic E-state index is -3.83. The summed E-state index contributed by atoms with van der Waals surface area (Å²) in [5, 5.41) is 2.70. The summed E-state index contributed by atoms with van der Waals surface area (Å²) in [6.45, 7) is 1.69. The second kappa shape index (κ2) is 5.66. The summed E-state index contributed by atoms with van der Waals surface area (Å²) in [5.41, 5.74) is 2.22. The van der Waals surface area contributed by atoms with Crippen LogP contribution >= 0.6 is 0 Å². The molecule has 0 atom stereocenters. The van der Waals surface area contributed by atoms with Crippen molar-refractivity contribution in [2.24, 2.45) is 0 Å². The quantitative estimate of drug-likeness (QED) is 0.906. The Morgan fingerprint density at radius 1 is 1.13 bits per heavy atom. The third-order valence-electron chi connectivity index (χ3n) is 3.73. The fourth-order valence-corrected chi connectivity index (χ4v) is 3.61. The van der Waals surface area contributed by atoms with Crippen LogP contribution in [-0.4, -0.2) is 14.3 Å². The topological polar surface area (TPSA) is 75.3 Å². The summed E-state index contributed by atoms with van der Waals surface area (Å²) in [4.78, 5) is 11.4. The number of sulfonamides is 1. The van der Waals surface area contributed by atoms with Gasteiger partial charge >= 0.3 is 0 Å². The lowest BCUT2D eigenvalue weighted by Crippen LogP contribution is -2.20. The largest absolute Gasteiger partial charge is 0.326 e. The van der Waals surface area contributed by atoms with Gasteiger partial charge in [0.05, 0.1) is 10.6 Å². The van der Waals surface area contributed by atoms with E-state index in [1.165, 1.54) is 24.3 Å². The molecule has 23 heavy (non-hydrogen) atoms. The number of hydrogen-bond donors (Lipinski definition) is 2. The summed E-state index contributed by atoms with van der Waals surface area (Å²) < 4.78 is 40.7. The summed E-state index contributed by atoms with van der Waals surface area (Å²) in [6, 6.07) is 8.45. The van der Waals surface area contributed by atoms with Crippen LogP contribution < -0.4 is 10.0 Å². The van der Waals surface area contributed by atoms with Gasteiger partial charge in [-0.05, 0) is 54.8 Å². The van der Waals surface area contributed by atoms with Crippen LogP contribution in [0, 0.1) is 12.7 Å². The first-order chi connectivity index (χ1) is 10.8. The van der Waals surface area contributed by atoms with Crippen LogP contribution in [0.2, 0.25) is 0 Å². The second-order valence-electron chi connectivity index (χ2n) is 5.43. The maximum absolute atomic E-state index is 13.3. The van der Waals surface area contributed by atoms with Crippen molar-refractivity contribution in [1.29, 1.82) is 0 Å². The van der Waals surface area contributed by atoms with Crippen LogP contribution in [0.15, 0.2) is 41.3 Å². The number of fused-ring (bicyclic) bond motifs is 1. The van der Waals surface area contributed by atoms with Crippen molar-refractivity contribution in [2.75, 3.05) is 10.0 Å². The molecule has 0 aliphatic carbocycles. The molecule has 1 aliphatic rings. The Kier molecular flexibility index (Phi) is 3.81. The van der Waals surface area contributed by atoms with E-state index >= 15 is 0 Å². The van der Waals surface area contributed by atoms with Crippen molar-refractivity contribution in [3.05, 3.63) is 53.3 Å². The molecule has 2 aromatic carbocycles. The molecule has 0 saturated heterocycles. The lowest BCUT2D eigenvalue weighted by molar-refractivity contribution is -0.116. The van der Waals surface area contributed by atoms with E-state index in [0.29, 0.717) is 24.1 Å². The number of amides is 1. The Morgan fingerprint density at radius 2 is 1.91 bits per heavy atom. The first kappa shape index (κ1) is 15.5. The summed E-state index contributed by atoms with van der Waals surface area (Å²) in [7, 11) is -3.83. The molecule has 0 unspecified atom stereocenters. The number of carbonyl (C=O) groups excluding carboxylic acids is 1. The molecule has 0 bridgehead atoms. The van der Waals surface area contributed by atoms with Gasteiger partial charge in [-0.3, -0.25) is 9.52 Å². The Labute approximate surface area is 133 Å². The highest BCUT2D eigenvalue weighted by molar-refractivity contribution is 7.92. The maximum Gasteiger partial charge on any atom is 0.261 e. The molecule has 0 fully saturated rings. The van der Waals surface area contributed by atoms with Crippen LogP contribution in [-0.2, 0) is 21.2 Å². The Morgan fingerprint density at radius 3 is 2.70 bits per heavy atom. The minimum Gasteiger partial charge on any atom is -0.326 e. The smallest absolute Gasteiger partial charge is 0.261 e. The van der Waals surface area contributed by atoms with Gasteiger partial charge in [-0.25, -0.2) is 12.8 Å². The van der Waals surface area contributed by atoms with Gasteiger partial charge in [0.25, 0.3) is 10.0 Å². The number of rotatable bonds is 3. The van der Waals surface area contributed by atoms with E-state index in [2.05, 4.69) is 10.0 Å². The van der Waals surface area contributed by atoms with Gasteiger partial charge in [0.1, 0.15) is 5.82 Å². The highest BCUT2D eigenvalue weighted by Crippen LogP contribution is 2.27. The first-order valence-corrected chi connectivity index (χ1v) is 8.55. The summed E-state index contributed by atoms with van der Waals surface area (Å²) in [5.74, 6) is -0.594. The van der Waals surface area contributed by atoms with Gasteiger partial charge in [0.15, 0.2) is 0 Å². The zero-order chi connectivity index (χ0) is 16.6. The van der Waals surface area contributed by atoms with E-state index in [1.54, 1.807) is 13.0 Å². The lowest BCUT2D eigenvalue weighted by atomic mass is 10.0. The molecule has 120 valence electrons. The minimum absolute atomic E-state index is 0.0797. The predicted molar refractivity (Wildman–Crippen MR) is 85.3 cm³/mol. The van der Waals surface area contributed by atoms with Crippen molar-refractivity contribution in [2.45, 2.75) is 24.7 Å². The second-order valence-corrected chi connectivity index (χ2v) is 7.11. The molecule has 0 spiro atoms. The van der Waals surface area contributed by atoms with Gasteiger partial charge in [-0.2, -0.15) is 0 Å². The number of aryl methyl sites for hydroxylation is 2. The van der Waals surface area contributed by atoms with Crippen LogP contribution in [0.1, 0.15) is 17.5 Å². The molecule has 2 aromatic rings. The SMILES string of the molecule is Cc1ccc(F)cc1NS(=O)(=O)c1ccc2c(c1)CCC(=O)N2. The standard InChI is InChI=1S/C16H15FN2O3S/c1-10-2-4-12(17)9-15(10)19-23(21,22)13-5-6-14-11(8-13)3-7-16(20)18-14/h2,4-6,8-9,19H,3,7H2,1H3,(H,18,20). The molecule has 1 aliphatic heterocycles. The molecule has 1 heterocycles. The third-order valence-corrected chi connectivity index (χ3v) is 5.09. The number of benzene rings is 2. The number of anilines is 2. The van der Waals surface area contributed by atoms with Gasteiger partial charge < -0.3 is 5.32 Å². The number of nitrogens with one attached hydrogen (secondary N) is 2. The monoisotopic (exact) mass is 334 g/mol. The van der Waals surface area contributed by atoms with Crippen molar-refractivity contribution in [3.63, 3.8) is 0 Å². The molecule has 0 radical (unpaired) electrons. The molecular weight excluding hydrogens is 319 g/mol. The molecular formula is C16H15FN2O3S. The van der Waals surface area contributed by atoms with Crippen LogP contribution in [0.4, 0.5) is 15.8 Å². The van der Waals surface area contributed by atoms with Crippen molar-refractivity contribution < 1.29 is 17.6 Å². The average molecular weight is 334 g/mol. The van der Waals surface area contributed by atoms with Crippen LogP contribution in [0.3, 0.4) is 0 Å². The van der Waals surface area contributed by atoms with Crippen molar-refractivity contribution >= 4 is 27.3 Å². The molecule has 3 rings (SSSR count). The Balaban J connectivity index is 1.94. The van der Waals surface area contributed by atoms with E-state index in [-0.39, 0.29) is 16.5 Å². The van der Waals surface area contributed by atoms with E-state index < -0.39 is 15.8 Å². The fourth-order valence-electron chi connectivity index (χ4n) is 2.43. The lowest BCUT2D eigenvalue weighted by Gasteiger charge is -2.18. The van der Waals surface area contributed by atoms with Gasteiger partial charge in [0, 0.05) is 12.1 Å². The molecule has 0 saturated carbocycles. The highest BCUT2D eigenvalue weighted by atomic mass is 32.2. The van der Waals surface area contributed by atoms with Crippen LogP contribution in [0.25, 0.3) is 0 Å². The Hall–Kier alpha value is -2.41. The van der Waals surface area contributed by atoms with E-state index in [4.69, 9.17) is 0 Å². The van der Waals surface area contributed by atoms with Gasteiger partial charge in [0.2, 0.25) is 5.91 Å². The fraction of sp³-hybridized carbons (Fsp3) is 0.188. The number of carbonyl (C=O) groups is 1. The number of hydrogen-bond acceptors (Lipinski definition) is 3. The predicted octanol–water partition coefficient (Wildman–Crippen LogP) is 2.82. The number of halogens is 1. The van der Waals surface area contributed by atoms with Gasteiger partial charge in [-0.1, -0.05) is 6.07 Å². The summed E-state index contributed by atoms with van der Waals surface area (Å²) in [6.07, 6.45) is 0.816. The normalized spacial score (nSPS) is 14.1.